The molecule has 2 N–H and O–H groups in total. The van der Waals surface area contributed by atoms with E-state index in [0.717, 1.165) is 12.8 Å². The summed E-state index contributed by atoms with van der Waals surface area (Å²) < 4.78 is 0. The van der Waals surface area contributed by atoms with Gasteiger partial charge in [-0.1, -0.05) is 41.9 Å². The number of carbonyl (C=O) groups excluding carboxylic acids is 2. The summed E-state index contributed by atoms with van der Waals surface area (Å²) in [5.74, 6) is -0.588. The highest BCUT2D eigenvalue weighted by Crippen LogP contribution is 2.14. The van der Waals surface area contributed by atoms with Gasteiger partial charge >= 0.3 is 0 Å². The lowest BCUT2D eigenvalue weighted by molar-refractivity contribution is 0.0953. The van der Waals surface area contributed by atoms with Crippen LogP contribution >= 0.6 is 11.6 Å². The molecule has 5 nitrogen and oxygen atoms in total. The maximum atomic E-state index is 12.4. The number of nitrogens with zero attached hydrogens (tertiary/aromatic N) is 1. The molecule has 0 bridgehead atoms. The van der Waals surface area contributed by atoms with E-state index in [1.165, 1.54) is 24.0 Å². The van der Waals surface area contributed by atoms with Gasteiger partial charge in [0.1, 0.15) is 0 Å². The average Bonchev–Trinajstić information content (AvgIpc) is 2.73. The SMILES string of the molecule is O=C(NCCCc1ccccc1)c1cncc(C(=O)Nc2ccc(Cl)cc2)c1. The molecule has 0 unspecified atom stereocenters. The lowest BCUT2D eigenvalue weighted by Crippen LogP contribution is -2.25. The summed E-state index contributed by atoms with van der Waals surface area (Å²) in [6.45, 7) is 0.551. The Morgan fingerprint density at radius 3 is 2.29 bits per heavy atom. The van der Waals surface area contributed by atoms with Gasteiger partial charge in [-0.25, -0.2) is 0 Å². The van der Waals surface area contributed by atoms with Crippen molar-refractivity contribution in [2.24, 2.45) is 0 Å². The van der Waals surface area contributed by atoms with Crippen LogP contribution in [0.15, 0.2) is 73.1 Å². The van der Waals surface area contributed by atoms with Crippen LogP contribution in [0.2, 0.25) is 5.02 Å². The second-order valence-corrected chi connectivity index (χ2v) is 6.70. The Morgan fingerprint density at radius 1 is 0.893 bits per heavy atom. The van der Waals surface area contributed by atoms with Crippen LogP contribution in [-0.4, -0.2) is 23.3 Å². The normalized spacial score (nSPS) is 10.3. The number of rotatable bonds is 7. The summed E-state index contributed by atoms with van der Waals surface area (Å²) in [4.78, 5) is 28.7. The highest BCUT2D eigenvalue weighted by molar-refractivity contribution is 6.30. The number of hydrogen-bond acceptors (Lipinski definition) is 3. The molecule has 1 heterocycles. The zero-order valence-electron chi connectivity index (χ0n) is 15.2. The van der Waals surface area contributed by atoms with Crippen LogP contribution in [0.4, 0.5) is 5.69 Å². The summed E-state index contributed by atoms with van der Waals surface area (Å²) in [5, 5.41) is 6.21. The Morgan fingerprint density at radius 2 is 1.57 bits per heavy atom. The fourth-order valence-electron chi connectivity index (χ4n) is 2.67. The Kier molecular flexibility index (Phi) is 6.76. The molecule has 0 fully saturated rings. The van der Waals surface area contributed by atoms with Gasteiger partial charge in [0, 0.05) is 29.6 Å². The van der Waals surface area contributed by atoms with E-state index < -0.39 is 0 Å². The van der Waals surface area contributed by atoms with Crippen molar-refractivity contribution in [1.82, 2.24) is 10.3 Å². The lowest BCUT2D eigenvalue weighted by Gasteiger charge is -2.08. The van der Waals surface area contributed by atoms with Gasteiger partial charge in [-0.15, -0.1) is 0 Å². The van der Waals surface area contributed by atoms with E-state index in [0.29, 0.717) is 28.4 Å². The Labute approximate surface area is 168 Å². The largest absolute Gasteiger partial charge is 0.352 e. The molecule has 3 rings (SSSR count). The number of carbonyl (C=O) groups is 2. The fraction of sp³-hybridized carbons (Fsp3) is 0.136. The molecule has 2 aromatic carbocycles. The second-order valence-electron chi connectivity index (χ2n) is 6.27. The van der Waals surface area contributed by atoms with E-state index in [1.54, 1.807) is 24.3 Å². The molecule has 1 aromatic heterocycles. The van der Waals surface area contributed by atoms with Crippen molar-refractivity contribution < 1.29 is 9.59 Å². The predicted molar refractivity (Wildman–Crippen MR) is 111 cm³/mol. The van der Waals surface area contributed by atoms with Gasteiger partial charge in [0.05, 0.1) is 11.1 Å². The summed E-state index contributed by atoms with van der Waals surface area (Å²) >= 11 is 5.84. The third-order valence-corrected chi connectivity index (χ3v) is 4.39. The number of benzene rings is 2. The molecule has 142 valence electrons. The van der Waals surface area contributed by atoms with Crippen molar-refractivity contribution >= 4 is 29.1 Å². The Bertz CT molecular complexity index is 944. The molecule has 28 heavy (non-hydrogen) atoms. The van der Waals surface area contributed by atoms with Crippen LogP contribution < -0.4 is 10.6 Å². The molecular weight excluding hydrogens is 374 g/mol. The quantitative estimate of drug-likeness (QED) is 0.586. The summed E-state index contributed by atoms with van der Waals surface area (Å²) in [7, 11) is 0. The molecule has 0 aliphatic carbocycles. The molecule has 2 amide bonds. The molecule has 0 atom stereocenters. The van der Waals surface area contributed by atoms with Crippen molar-refractivity contribution in [3.63, 3.8) is 0 Å². The third kappa shape index (κ3) is 5.66. The maximum Gasteiger partial charge on any atom is 0.257 e. The number of hydrogen-bond donors (Lipinski definition) is 2. The number of halogens is 1. The lowest BCUT2D eigenvalue weighted by atomic mass is 10.1. The Balaban J connectivity index is 1.53. The standard InChI is InChI=1S/C22H20ClN3O2/c23-19-8-10-20(11-9-19)26-22(28)18-13-17(14-24-15-18)21(27)25-12-4-7-16-5-2-1-3-6-16/h1-3,5-6,8-11,13-15H,4,7,12H2,(H,25,27)(H,26,28). The van der Waals surface area contributed by atoms with E-state index in [4.69, 9.17) is 11.6 Å². The van der Waals surface area contributed by atoms with E-state index >= 15 is 0 Å². The highest BCUT2D eigenvalue weighted by Gasteiger charge is 2.11. The minimum absolute atomic E-state index is 0.248. The smallest absolute Gasteiger partial charge is 0.257 e. The molecule has 0 saturated carbocycles. The topological polar surface area (TPSA) is 71.1 Å². The summed E-state index contributed by atoms with van der Waals surface area (Å²) in [5.41, 5.74) is 2.51. The zero-order valence-corrected chi connectivity index (χ0v) is 15.9. The molecule has 6 heteroatoms. The minimum Gasteiger partial charge on any atom is -0.352 e. The van der Waals surface area contributed by atoms with Gasteiger partial charge in [-0.2, -0.15) is 0 Å². The molecule has 0 aliphatic heterocycles. The molecular formula is C22H20ClN3O2. The second kappa shape index (κ2) is 9.67. The number of aryl methyl sites for hydroxylation is 1. The third-order valence-electron chi connectivity index (χ3n) is 4.14. The van der Waals surface area contributed by atoms with Gasteiger partial charge in [-0.3, -0.25) is 14.6 Å². The van der Waals surface area contributed by atoms with Crippen molar-refractivity contribution in [1.29, 1.82) is 0 Å². The average molecular weight is 394 g/mol. The van der Waals surface area contributed by atoms with E-state index in [2.05, 4.69) is 27.8 Å². The van der Waals surface area contributed by atoms with E-state index in [-0.39, 0.29) is 11.8 Å². The van der Waals surface area contributed by atoms with Gasteiger partial charge in [-0.05, 0) is 48.7 Å². The fourth-order valence-corrected chi connectivity index (χ4v) is 2.79. The van der Waals surface area contributed by atoms with Crippen LogP contribution in [-0.2, 0) is 6.42 Å². The van der Waals surface area contributed by atoms with Crippen LogP contribution in [0.25, 0.3) is 0 Å². The molecule has 0 aliphatic rings. The number of pyridine rings is 1. The first-order chi connectivity index (χ1) is 13.6. The van der Waals surface area contributed by atoms with Crippen molar-refractivity contribution in [3.05, 3.63) is 94.8 Å². The molecule has 0 saturated heterocycles. The van der Waals surface area contributed by atoms with Crippen LogP contribution in [0.1, 0.15) is 32.7 Å². The van der Waals surface area contributed by atoms with Gasteiger partial charge in [0.15, 0.2) is 0 Å². The first-order valence-electron chi connectivity index (χ1n) is 8.96. The van der Waals surface area contributed by atoms with Crippen molar-refractivity contribution in [3.8, 4) is 0 Å². The number of amides is 2. The van der Waals surface area contributed by atoms with Crippen molar-refractivity contribution in [2.45, 2.75) is 12.8 Å². The Hall–Kier alpha value is -3.18. The minimum atomic E-state index is -0.339. The highest BCUT2D eigenvalue weighted by atomic mass is 35.5. The first-order valence-corrected chi connectivity index (χ1v) is 9.34. The summed E-state index contributed by atoms with van der Waals surface area (Å²) in [6.07, 6.45) is 4.60. The monoisotopic (exact) mass is 393 g/mol. The van der Waals surface area contributed by atoms with E-state index in [9.17, 15) is 9.59 Å². The zero-order chi connectivity index (χ0) is 19.8. The number of nitrogens with one attached hydrogen (secondary N) is 2. The van der Waals surface area contributed by atoms with Crippen LogP contribution in [0, 0.1) is 0 Å². The predicted octanol–water partition coefficient (Wildman–Crippen LogP) is 4.35. The van der Waals surface area contributed by atoms with Gasteiger partial charge in [0.25, 0.3) is 11.8 Å². The van der Waals surface area contributed by atoms with E-state index in [1.807, 2.05) is 18.2 Å². The number of anilines is 1. The molecule has 0 radical (unpaired) electrons. The van der Waals surface area contributed by atoms with Crippen LogP contribution in [0.3, 0.4) is 0 Å². The van der Waals surface area contributed by atoms with Crippen molar-refractivity contribution in [2.75, 3.05) is 11.9 Å². The first kappa shape index (κ1) is 19.6. The molecule has 3 aromatic rings. The summed E-state index contributed by atoms with van der Waals surface area (Å²) in [6, 6.07) is 18.4. The van der Waals surface area contributed by atoms with Gasteiger partial charge in [0.2, 0.25) is 0 Å². The van der Waals surface area contributed by atoms with Gasteiger partial charge < -0.3 is 10.6 Å². The molecule has 0 spiro atoms. The number of aromatic nitrogens is 1. The maximum absolute atomic E-state index is 12.4. The van der Waals surface area contributed by atoms with Crippen LogP contribution in [0.5, 0.6) is 0 Å².